The second-order valence-corrected chi connectivity index (χ2v) is 16.6. The lowest BCUT2D eigenvalue weighted by atomic mass is 10.0. The summed E-state index contributed by atoms with van der Waals surface area (Å²) in [6, 6.07) is 64.7. The Hall–Kier alpha value is -6.23. The van der Waals surface area contributed by atoms with Crippen LogP contribution in [0.5, 0.6) is 0 Å². The van der Waals surface area contributed by atoms with Gasteiger partial charge in [-0.3, -0.25) is 4.90 Å². The highest BCUT2D eigenvalue weighted by Crippen LogP contribution is 2.41. The highest BCUT2D eigenvalue weighted by molar-refractivity contribution is 7.21. The van der Waals surface area contributed by atoms with Gasteiger partial charge in [-0.05, 0) is 73.7 Å². The van der Waals surface area contributed by atoms with Gasteiger partial charge in [0.25, 0.3) is 0 Å². The molecule has 0 amide bonds. The van der Waals surface area contributed by atoms with Crippen molar-refractivity contribution in [1.29, 1.82) is 0 Å². The topological polar surface area (TPSA) is 31.9 Å². The molecule has 2 aromatic heterocycles. The van der Waals surface area contributed by atoms with E-state index in [1.165, 1.54) is 59.4 Å². The van der Waals surface area contributed by atoms with Crippen LogP contribution < -0.4 is 25.6 Å². The Morgan fingerprint density at radius 3 is 1.88 bits per heavy atom. The first kappa shape index (κ1) is 27.8. The smallest absolute Gasteiger partial charge is 0.184 e. The minimum absolute atomic E-state index is 0.948. The average molecular weight is 642 g/mol. The summed E-state index contributed by atoms with van der Waals surface area (Å²) in [6.07, 6.45) is 1.94. The fraction of sp³-hybridized carbons (Fsp3) is 0. The fourth-order valence-electron chi connectivity index (χ4n) is 8.17. The molecule has 0 atom stereocenters. The van der Waals surface area contributed by atoms with Crippen LogP contribution in [0.25, 0.3) is 43.7 Å². The van der Waals surface area contributed by atoms with Crippen molar-refractivity contribution < 1.29 is 0 Å². The number of fused-ring (bicyclic) bond motifs is 6. The summed E-state index contributed by atoms with van der Waals surface area (Å²) in [5.74, 6) is 0.948. The number of hydrogen-bond acceptors (Lipinski definition) is 2. The van der Waals surface area contributed by atoms with Crippen LogP contribution in [0.2, 0.25) is 0 Å². The molecule has 3 nitrogen and oxygen atoms in total. The molecule has 49 heavy (non-hydrogen) atoms. The van der Waals surface area contributed by atoms with Crippen LogP contribution in [0.3, 0.4) is 0 Å². The Labute approximate surface area is 285 Å². The Bertz CT molecular complexity index is 2630. The molecule has 0 unspecified atom stereocenters. The minimum Gasteiger partial charge on any atom is -0.355 e. The van der Waals surface area contributed by atoms with Crippen molar-refractivity contribution in [3.05, 3.63) is 182 Å². The van der Waals surface area contributed by atoms with Gasteiger partial charge in [-0.1, -0.05) is 140 Å². The zero-order valence-electron chi connectivity index (χ0n) is 26.7. The summed E-state index contributed by atoms with van der Waals surface area (Å²) in [6.45, 7) is 0. The Balaban J connectivity index is 1.32. The third-order valence-corrected chi connectivity index (χ3v) is 15.1. The van der Waals surface area contributed by atoms with E-state index in [1.807, 2.05) is 6.20 Å². The molecule has 0 aliphatic carbocycles. The van der Waals surface area contributed by atoms with Crippen molar-refractivity contribution in [1.82, 2.24) is 9.97 Å². The van der Waals surface area contributed by atoms with E-state index in [9.17, 15) is 0 Å². The SMILES string of the molecule is c1ccc([Si]2(c3ccccc3)c3ccccc3N(c3nccc4ccccc34)c3ccc(-c4ccc5[nH]c6ccccc6c5c4)cc32)cc1. The number of pyridine rings is 1. The van der Waals surface area contributed by atoms with Crippen LogP contribution >= 0.6 is 0 Å². The van der Waals surface area contributed by atoms with E-state index in [1.54, 1.807) is 0 Å². The van der Waals surface area contributed by atoms with Gasteiger partial charge in [0, 0.05) is 44.8 Å². The molecule has 0 fully saturated rings. The van der Waals surface area contributed by atoms with Crippen LogP contribution in [0.1, 0.15) is 0 Å². The van der Waals surface area contributed by atoms with Crippen molar-refractivity contribution in [2.75, 3.05) is 4.90 Å². The van der Waals surface area contributed by atoms with Crippen molar-refractivity contribution in [3.8, 4) is 11.1 Å². The standard InChI is InChI=1S/C45H31N3Si/c1-3-14-34(15-4-1)49(35-16-5-2-6-17-35)43-22-12-11-21-41(43)48(45-36-18-8-7-13-31(36)27-28-46-45)42-26-24-33(30-44(42)49)32-23-25-40-38(29-32)37-19-9-10-20-39(37)47-40/h1-30,47H. The molecule has 0 saturated carbocycles. The molecule has 4 heteroatoms. The largest absolute Gasteiger partial charge is 0.355 e. The number of nitrogens with one attached hydrogen (secondary N) is 1. The summed E-state index contributed by atoms with van der Waals surface area (Å²) < 4.78 is 0. The molecule has 0 saturated heterocycles. The first-order chi connectivity index (χ1) is 24.3. The van der Waals surface area contributed by atoms with E-state index in [-0.39, 0.29) is 0 Å². The van der Waals surface area contributed by atoms with Crippen LogP contribution in [0.15, 0.2) is 182 Å². The van der Waals surface area contributed by atoms with E-state index >= 15 is 0 Å². The predicted molar refractivity (Wildman–Crippen MR) is 208 cm³/mol. The van der Waals surface area contributed by atoms with Crippen molar-refractivity contribution >= 4 is 78.6 Å². The van der Waals surface area contributed by atoms with Crippen LogP contribution in [-0.2, 0) is 0 Å². The third kappa shape index (κ3) is 4.11. The quantitative estimate of drug-likeness (QED) is 0.195. The van der Waals surface area contributed by atoms with Crippen molar-refractivity contribution in [2.24, 2.45) is 0 Å². The number of nitrogens with zero attached hydrogens (tertiary/aromatic N) is 2. The van der Waals surface area contributed by atoms with Gasteiger partial charge >= 0.3 is 0 Å². The molecule has 1 aliphatic heterocycles. The summed E-state index contributed by atoms with van der Waals surface area (Å²) in [5.41, 5.74) is 7.10. The van der Waals surface area contributed by atoms with Gasteiger partial charge in [-0.15, -0.1) is 0 Å². The van der Waals surface area contributed by atoms with E-state index in [0.29, 0.717) is 0 Å². The Morgan fingerprint density at radius 1 is 0.449 bits per heavy atom. The number of aromatic amines is 1. The lowest BCUT2D eigenvalue weighted by Crippen LogP contribution is -2.77. The molecule has 1 N–H and O–H groups in total. The van der Waals surface area contributed by atoms with E-state index in [4.69, 9.17) is 4.98 Å². The highest BCUT2D eigenvalue weighted by atomic mass is 28.3. The second-order valence-electron chi connectivity index (χ2n) is 12.9. The zero-order chi connectivity index (χ0) is 32.4. The van der Waals surface area contributed by atoms with Crippen LogP contribution in [0.4, 0.5) is 17.2 Å². The van der Waals surface area contributed by atoms with E-state index in [2.05, 4.69) is 186 Å². The molecular formula is C45H31N3Si. The zero-order valence-corrected chi connectivity index (χ0v) is 27.7. The van der Waals surface area contributed by atoms with Gasteiger partial charge in [0.2, 0.25) is 0 Å². The van der Waals surface area contributed by atoms with E-state index < -0.39 is 8.07 Å². The van der Waals surface area contributed by atoms with Gasteiger partial charge < -0.3 is 4.98 Å². The number of benzene rings is 7. The molecule has 3 heterocycles. The maximum absolute atomic E-state index is 5.10. The third-order valence-electron chi connectivity index (χ3n) is 10.3. The van der Waals surface area contributed by atoms with Gasteiger partial charge in [-0.25, -0.2) is 4.98 Å². The minimum atomic E-state index is -2.84. The highest BCUT2D eigenvalue weighted by Gasteiger charge is 2.49. The molecule has 0 bridgehead atoms. The number of rotatable bonds is 4. The first-order valence-corrected chi connectivity index (χ1v) is 18.8. The summed E-state index contributed by atoms with van der Waals surface area (Å²) in [4.78, 5) is 11.1. The maximum Gasteiger partial charge on any atom is 0.184 e. The van der Waals surface area contributed by atoms with Crippen LogP contribution in [0, 0.1) is 0 Å². The molecular weight excluding hydrogens is 611 g/mol. The number of H-pyrrole nitrogens is 1. The molecule has 230 valence electrons. The van der Waals surface area contributed by atoms with Gasteiger partial charge in [0.15, 0.2) is 8.07 Å². The number of aromatic nitrogens is 2. The molecule has 1 aliphatic rings. The molecule has 10 rings (SSSR count). The Kier molecular flexibility index (Phi) is 6.20. The second kappa shape index (κ2) is 10.9. The number of hydrogen-bond donors (Lipinski definition) is 1. The molecule has 9 aromatic rings. The average Bonchev–Trinajstić information content (AvgIpc) is 3.55. The van der Waals surface area contributed by atoms with Crippen LogP contribution in [-0.4, -0.2) is 18.0 Å². The molecule has 0 spiro atoms. The lowest BCUT2D eigenvalue weighted by molar-refractivity contribution is 1.20. The number of para-hydroxylation sites is 2. The van der Waals surface area contributed by atoms with Gasteiger partial charge in [0.1, 0.15) is 5.82 Å². The van der Waals surface area contributed by atoms with Gasteiger partial charge in [-0.2, -0.15) is 0 Å². The normalized spacial score (nSPS) is 13.4. The molecule has 7 aromatic carbocycles. The number of anilines is 3. The van der Waals surface area contributed by atoms with Crippen molar-refractivity contribution in [3.63, 3.8) is 0 Å². The summed E-state index contributed by atoms with van der Waals surface area (Å²) in [5, 5.41) is 10.2. The Morgan fingerprint density at radius 2 is 1.06 bits per heavy atom. The van der Waals surface area contributed by atoms with Crippen molar-refractivity contribution in [2.45, 2.75) is 0 Å². The monoisotopic (exact) mass is 641 g/mol. The summed E-state index contributed by atoms with van der Waals surface area (Å²) >= 11 is 0. The van der Waals surface area contributed by atoms with E-state index in [0.717, 1.165) is 22.2 Å². The summed E-state index contributed by atoms with van der Waals surface area (Å²) in [7, 11) is -2.84. The van der Waals surface area contributed by atoms with Gasteiger partial charge in [0.05, 0.1) is 0 Å². The first-order valence-electron chi connectivity index (χ1n) is 16.8. The maximum atomic E-state index is 5.10. The fourth-order valence-corrected chi connectivity index (χ4v) is 13.3. The predicted octanol–water partition coefficient (Wildman–Crippen LogP) is 8.70. The molecule has 0 radical (unpaired) electrons. The lowest BCUT2D eigenvalue weighted by Gasteiger charge is -2.45.